The van der Waals surface area contributed by atoms with Gasteiger partial charge in [-0.15, -0.1) is 0 Å². The number of benzene rings is 1. The van der Waals surface area contributed by atoms with Gasteiger partial charge in [-0.1, -0.05) is 11.6 Å². The third-order valence-corrected chi connectivity index (χ3v) is 3.78. The summed E-state index contributed by atoms with van der Waals surface area (Å²) >= 11 is 5.38. The maximum absolute atomic E-state index is 14.1. The van der Waals surface area contributed by atoms with Crippen molar-refractivity contribution >= 4 is 11.6 Å². The summed E-state index contributed by atoms with van der Waals surface area (Å²) in [6.07, 6.45) is -9.86. The number of nitrogens with zero attached hydrogens (tertiary/aromatic N) is 1. The van der Waals surface area contributed by atoms with Gasteiger partial charge in [0.25, 0.3) is 0 Å². The predicted molar refractivity (Wildman–Crippen MR) is 69.7 cm³/mol. The van der Waals surface area contributed by atoms with Crippen molar-refractivity contribution in [2.75, 3.05) is 26.2 Å². The van der Waals surface area contributed by atoms with Gasteiger partial charge < -0.3 is 5.32 Å². The van der Waals surface area contributed by atoms with E-state index in [2.05, 4.69) is 5.32 Å². The summed E-state index contributed by atoms with van der Waals surface area (Å²) in [4.78, 5) is 0.894. The van der Waals surface area contributed by atoms with E-state index >= 15 is 0 Å². The Morgan fingerprint density at radius 3 is 2.09 bits per heavy atom. The van der Waals surface area contributed by atoms with E-state index in [1.54, 1.807) is 0 Å². The standard InChI is InChI=1S/C13H12ClF7N2/c14-9-6-7(12(16,17)18)5-8(10(9)15)11(13(19,20)21)23-3-1-22-2-4-23/h5-6,11,22H,1-4H2/t11-/m0/s1. The van der Waals surface area contributed by atoms with Crippen molar-refractivity contribution < 1.29 is 30.7 Å². The van der Waals surface area contributed by atoms with Gasteiger partial charge in [0.15, 0.2) is 0 Å². The molecule has 2 nitrogen and oxygen atoms in total. The monoisotopic (exact) mass is 364 g/mol. The van der Waals surface area contributed by atoms with Crippen LogP contribution in [0.5, 0.6) is 0 Å². The third kappa shape index (κ3) is 4.07. The molecule has 23 heavy (non-hydrogen) atoms. The molecule has 1 aromatic rings. The van der Waals surface area contributed by atoms with Crippen molar-refractivity contribution in [3.05, 3.63) is 34.1 Å². The summed E-state index contributed by atoms with van der Waals surface area (Å²) in [6, 6.07) is -2.02. The molecular weight excluding hydrogens is 353 g/mol. The average molecular weight is 365 g/mol. The van der Waals surface area contributed by atoms with Gasteiger partial charge in [-0.2, -0.15) is 26.3 Å². The maximum Gasteiger partial charge on any atom is 0.416 e. The molecule has 10 heteroatoms. The van der Waals surface area contributed by atoms with Crippen LogP contribution in [0, 0.1) is 5.82 Å². The second kappa shape index (κ2) is 6.45. The molecule has 0 spiro atoms. The number of alkyl halides is 6. The van der Waals surface area contributed by atoms with Crippen molar-refractivity contribution in [2.24, 2.45) is 0 Å². The molecule has 0 radical (unpaired) electrons. The molecule has 0 amide bonds. The highest BCUT2D eigenvalue weighted by Crippen LogP contribution is 2.42. The smallest absolute Gasteiger partial charge is 0.314 e. The van der Waals surface area contributed by atoms with Crippen LogP contribution in [0.3, 0.4) is 0 Å². The minimum Gasteiger partial charge on any atom is -0.314 e. The molecule has 1 aromatic carbocycles. The lowest BCUT2D eigenvalue weighted by atomic mass is 10.00. The van der Waals surface area contributed by atoms with Gasteiger partial charge in [0, 0.05) is 31.7 Å². The lowest BCUT2D eigenvalue weighted by molar-refractivity contribution is -0.188. The maximum atomic E-state index is 14.1. The highest BCUT2D eigenvalue weighted by molar-refractivity contribution is 6.30. The second-order valence-electron chi connectivity index (χ2n) is 5.09. The fourth-order valence-electron chi connectivity index (χ4n) is 2.49. The molecule has 0 aromatic heterocycles. The minimum absolute atomic E-state index is 0.0719. The van der Waals surface area contributed by atoms with Gasteiger partial charge in [-0.25, -0.2) is 4.39 Å². The minimum atomic E-state index is -4.94. The number of piperazine rings is 1. The quantitative estimate of drug-likeness (QED) is 0.798. The molecule has 1 N–H and O–H groups in total. The number of nitrogens with one attached hydrogen (secondary N) is 1. The van der Waals surface area contributed by atoms with E-state index in [-0.39, 0.29) is 38.3 Å². The van der Waals surface area contributed by atoms with Crippen molar-refractivity contribution in [3.63, 3.8) is 0 Å². The Bertz CT molecular complexity index is 565. The van der Waals surface area contributed by atoms with E-state index in [0.29, 0.717) is 0 Å². The Morgan fingerprint density at radius 2 is 1.61 bits per heavy atom. The molecule has 1 aliphatic heterocycles. The zero-order valence-corrected chi connectivity index (χ0v) is 12.3. The lowest BCUT2D eigenvalue weighted by Crippen LogP contribution is -2.49. The zero-order chi connectivity index (χ0) is 17.4. The summed E-state index contributed by atoms with van der Waals surface area (Å²) < 4.78 is 92.6. The first kappa shape index (κ1) is 18.3. The predicted octanol–water partition coefficient (Wildman–Crippen LogP) is 4.01. The number of halogens is 8. The molecule has 2 rings (SSSR count). The first-order valence-corrected chi connectivity index (χ1v) is 6.97. The fraction of sp³-hybridized carbons (Fsp3) is 0.538. The molecule has 1 atom stereocenters. The highest BCUT2D eigenvalue weighted by Gasteiger charge is 2.47. The largest absolute Gasteiger partial charge is 0.416 e. The van der Waals surface area contributed by atoms with E-state index in [9.17, 15) is 30.7 Å². The van der Waals surface area contributed by atoms with Gasteiger partial charge in [-0.05, 0) is 12.1 Å². The molecule has 0 bridgehead atoms. The van der Waals surface area contributed by atoms with E-state index in [1.165, 1.54) is 0 Å². The normalized spacial score (nSPS) is 19.0. The van der Waals surface area contributed by atoms with Crippen LogP contribution in [-0.2, 0) is 6.18 Å². The first-order valence-electron chi connectivity index (χ1n) is 6.59. The lowest BCUT2D eigenvalue weighted by Gasteiger charge is -2.36. The van der Waals surface area contributed by atoms with E-state index in [1.807, 2.05) is 0 Å². The summed E-state index contributed by atoms with van der Waals surface area (Å²) in [5.41, 5.74) is -2.53. The number of hydrogen-bond acceptors (Lipinski definition) is 2. The molecule has 130 valence electrons. The van der Waals surface area contributed by atoms with Crippen molar-refractivity contribution in [3.8, 4) is 0 Å². The van der Waals surface area contributed by atoms with Crippen LogP contribution in [0.4, 0.5) is 30.7 Å². The summed E-state index contributed by atoms with van der Waals surface area (Å²) in [6.45, 7) is 0.302. The Balaban J connectivity index is 2.55. The second-order valence-corrected chi connectivity index (χ2v) is 5.50. The SMILES string of the molecule is Fc1c(Cl)cc(C(F)(F)F)cc1[C@H](N1CCNCC1)C(F)(F)F. The van der Waals surface area contributed by atoms with Crippen LogP contribution in [0.2, 0.25) is 5.02 Å². The van der Waals surface area contributed by atoms with Gasteiger partial charge in [0.05, 0.1) is 10.6 Å². The molecular formula is C13H12ClF7N2. The Morgan fingerprint density at radius 1 is 1.04 bits per heavy atom. The zero-order valence-electron chi connectivity index (χ0n) is 11.5. The topological polar surface area (TPSA) is 15.3 Å². The van der Waals surface area contributed by atoms with Gasteiger partial charge in [0.1, 0.15) is 11.9 Å². The molecule has 1 fully saturated rings. The molecule has 1 aliphatic rings. The Labute approximate surface area is 132 Å². The molecule has 0 saturated carbocycles. The Kier molecular flexibility index (Phi) is 5.12. The highest BCUT2D eigenvalue weighted by atomic mass is 35.5. The first-order chi connectivity index (χ1) is 10.5. The van der Waals surface area contributed by atoms with Crippen LogP contribution in [0.25, 0.3) is 0 Å². The average Bonchev–Trinajstić information content (AvgIpc) is 2.42. The van der Waals surface area contributed by atoms with E-state index < -0.39 is 40.4 Å². The molecule has 1 saturated heterocycles. The van der Waals surface area contributed by atoms with Crippen molar-refractivity contribution in [2.45, 2.75) is 18.4 Å². The third-order valence-electron chi connectivity index (χ3n) is 3.51. The van der Waals surface area contributed by atoms with Crippen LogP contribution >= 0.6 is 11.6 Å². The number of hydrogen-bond donors (Lipinski definition) is 1. The van der Waals surface area contributed by atoms with E-state index in [0.717, 1.165) is 4.90 Å². The number of rotatable bonds is 2. The van der Waals surface area contributed by atoms with E-state index in [4.69, 9.17) is 11.6 Å². The van der Waals surface area contributed by atoms with Crippen LogP contribution in [-0.4, -0.2) is 37.3 Å². The van der Waals surface area contributed by atoms with Gasteiger partial charge in [-0.3, -0.25) is 4.90 Å². The van der Waals surface area contributed by atoms with Crippen LogP contribution in [0.15, 0.2) is 12.1 Å². The van der Waals surface area contributed by atoms with Crippen LogP contribution in [0.1, 0.15) is 17.2 Å². The summed E-state index contributed by atoms with van der Waals surface area (Å²) in [5, 5.41) is 1.84. The molecule has 1 heterocycles. The molecule has 0 aliphatic carbocycles. The van der Waals surface area contributed by atoms with Crippen LogP contribution < -0.4 is 5.32 Å². The summed E-state index contributed by atoms with van der Waals surface area (Å²) in [5.74, 6) is -1.49. The Hall–Kier alpha value is -1.06. The summed E-state index contributed by atoms with van der Waals surface area (Å²) in [7, 11) is 0. The van der Waals surface area contributed by atoms with Crippen molar-refractivity contribution in [1.82, 2.24) is 10.2 Å². The van der Waals surface area contributed by atoms with Crippen molar-refractivity contribution in [1.29, 1.82) is 0 Å². The van der Waals surface area contributed by atoms with Gasteiger partial charge in [0.2, 0.25) is 0 Å². The fourth-order valence-corrected chi connectivity index (χ4v) is 2.72. The molecule has 0 unspecified atom stereocenters. The van der Waals surface area contributed by atoms with Gasteiger partial charge >= 0.3 is 12.4 Å².